The Bertz CT molecular complexity index is 1530. The van der Waals surface area contributed by atoms with Crippen molar-refractivity contribution in [3.05, 3.63) is 94.9 Å². The molecule has 0 bridgehead atoms. The summed E-state index contributed by atoms with van der Waals surface area (Å²) in [6, 6.07) is 21.1. The number of anilines is 2. The van der Waals surface area contributed by atoms with Crippen LogP contribution in [0.5, 0.6) is 23.0 Å². The molecule has 10 nitrogen and oxygen atoms in total. The lowest BCUT2D eigenvalue weighted by molar-refractivity contribution is 0.0858. The normalized spacial score (nSPS) is 15.6. The SMILES string of the molecule is O=C(NC[C@@H]1CCCO1)c1ccc(Nc2c(Oc3ccc4c(c3)OCO4)cnn(-c3ccccc3)c2=O)cc1. The molecular weight excluding hydrogens is 500 g/mol. The smallest absolute Gasteiger partial charge is 0.299 e. The lowest BCUT2D eigenvalue weighted by atomic mass is 10.1. The maximum atomic E-state index is 13.6. The highest BCUT2D eigenvalue weighted by atomic mass is 16.7. The Morgan fingerprint density at radius 3 is 2.64 bits per heavy atom. The number of hydrogen-bond acceptors (Lipinski definition) is 8. The van der Waals surface area contributed by atoms with Crippen LogP contribution >= 0.6 is 0 Å². The zero-order valence-corrected chi connectivity index (χ0v) is 21.0. The molecule has 3 heterocycles. The van der Waals surface area contributed by atoms with Crippen LogP contribution in [0.1, 0.15) is 23.2 Å². The molecule has 2 aliphatic rings. The van der Waals surface area contributed by atoms with Crippen LogP contribution in [0.4, 0.5) is 11.4 Å². The van der Waals surface area contributed by atoms with Gasteiger partial charge in [0.15, 0.2) is 22.9 Å². The van der Waals surface area contributed by atoms with E-state index in [-0.39, 0.29) is 30.2 Å². The van der Waals surface area contributed by atoms with Gasteiger partial charge in [-0.15, -0.1) is 0 Å². The molecule has 3 aromatic carbocycles. The lowest BCUT2D eigenvalue weighted by Gasteiger charge is -2.15. The van der Waals surface area contributed by atoms with Crippen molar-refractivity contribution < 1.29 is 23.7 Å². The van der Waals surface area contributed by atoms with Gasteiger partial charge >= 0.3 is 0 Å². The molecule has 1 saturated heterocycles. The van der Waals surface area contributed by atoms with Gasteiger partial charge in [0, 0.05) is 30.5 Å². The van der Waals surface area contributed by atoms with Crippen molar-refractivity contribution in [2.75, 3.05) is 25.3 Å². The van der Waals surface area contributed by atoms with Crippen LogP contribution in [0.15, 0.2) is 83.8 Å². The van der Waals surface area contributed by atoms with Crippen molar-refractivity contribution in [2.45, 2.75) is 18.9 Å². The number of carbonyl (C=O) groups is 1. The molecule has 4 aromatic rings. The zero-order valence-electron chi connectivity index (χ0n) is 21.0. The number of ether oxygens (including phenoxy) is 4. The van der Waals surface area contributed by atoms with Gasteiger partial charge in [-0.25, -0.2) is 0 Å². The van der Waals surface area contributed by atoms with Gasteiger partial charge in [0.05, 0.1) is 18.0 Å². The van der Waals surface area contributed by atoms with E-state index in [4.69, 9.17) is 18.9 Å². The fraction of sp³-hybridized carbons (Fsp3) is 0.207. The zero-order chi connectivity index (χ0) is 26.6. The lowest BCUT2D eigenvalue weighted by Crippen LogP contribution is -2.31. The first-order chi connectivity index (χ1) is 19.1. The second-order valence-electron chi connectivity index (χ2n) is 9.10. The number of para-hydroxylation sites is 1. The molecule has 198 valence electrons. The summed E-state index contributed by atoms with van der Waals surface area (Å²) in [6.07, 6.45) is 3.51. The molecule has 6 rings (SSSR count). The average Bonchev–Trinajstić information content (AvgIpc) is 3.67. The van der Waals surface area contributed by atoms with Gasteiger partial charge in [0.25, 0.3) is 11.5 Å². The van der Waals surface area contributed by atoms with Gasteiger partial charge in [-0.3, -0.25) is 9.59 Å². The quantitative estimate of drug-likeness (QED) is 0.347. The molecule has 0 radical (unpaired) electrons. The average molecular weight is 527 g/mol. The molecule has 0 unspecified atom stereocenters. The first-order valence-corrected chi connectivity index (χ1v) is 12.7. The fourth-order valence-electron chi connectivity index (χ4n) is 4.41. The molecular formula is C29H26N4O6. The Hall–Kier alpha value is -4.83. The first kappa shape index (κ1) is 24.5. The molecule has 1 fully saturated rings. The molecule has 39 heavy (non-hydrogen) atoms. The number of carbonyl (C=O) groups excluding carboxylic acids is 1. The van der Waals surface area contributed by atoms with Crippen LogP contribution in [0.2, 0.25) is 0 Å². The highest BCUT2D eigenvalue weighted by Gasteiger charge is 2.19. The number of aromatic nitrogens is 2. The summed E-state index contributed by atoms with van der Waals surface area (Å²) in [4.78, 5) is 26.2. The minimum absolute atomic E-state index is 0.0662. The highest BCUT2D eigenvalue weighted by molar-refractivity contribution is 5.94. The Morgan fingerprint density at radius 2 is 1.85 bits per heavy atom. The minimum Gasteiger partial charge on any atom is -0.454 e. The Labute approximate surface area is 224 Å². The molecule has 2 N–H and O–H groups in total. The van der Waals surface area contributed by atoms with E-state index in [0.717, 1.165) is 19.4 Å². The van der Waals surface area contributed by atoms with Gasteiger partial charge in [0.2, 0.25) is 6.79 Å². The summed E-state index contributed by atoms with van der Waals surface area (Å²) in [5.74, 6) is 1.68. The van der Waals surface area contributed by atoms with Crippen molar-refractivity contribution >= 4 is 17.3 Å². The van der Waals surface area contributed by atoms with Crippen molar-refractivity contribution in [3.8, 4) is 28.7 Å². The summed E-state index contributed by atoms with van der Waals surface area (Å²) >= 11 is 0. The number of nitrogens with zero attached hydrogens (tertiary/aromatic N) is 2. The number of nitrogens with one attached hydrogen (secondary N) is 2. The van der Waals surface area contributed by atoms with Gasteiger partial charge in [0.1, 0.15) is 5.75 Å². The third-order valence-electron chi connectivity index (χ3n) is 6.45. The molecule has 1 amide bonds. The minimum atomic E-state index is -0.405. The Morgan fingerprint density at radius 1 is 1.03 bits per heavy atom. The number of rotatable bonds is 8. The number of hydrogen-bond donors (Lipinski definition) is 2. The molecule has 10 heteroatoms. The Balaban J connectivity index is 1.26. The third kappa shape index (κ3) is 5.41. The van der Waals surface area contributed by atoms with Crippen molar-refractivity contribution in [1.29, 1.82) is 0 Å². The van der Waals surface area contributed by atoms with Gasteiger partial charge in [-0.2, -0.15) is 9.78 Å². The van der Waals surface area contributed by atoms with Crippen LogP contribution in [0.25, 0.3) is 5.69 Å². The molecule has 0 spiro atoms. The Kier molecular flexibility index (Phi) is 6.84. The van der Waals surface area contributed by atoms with Crippen LogP contribution in [-0.2, 0) is 4.74 Å². The maximum absolute atomic E-state index is 13.6. The standard InChI is InChI=1S/C29H26N4O6/c34-28(30-16-23-7-4-14-36-23)19-8-10-20(11-9-19)32-27-26(39-22-12-13-24-25(15-22)38-18-37-24)17-31-33(29(27)35)21-5-2-1-3-6-21/h1-3,5-6,8-13,15,17,23,32H,4,7,14,16,18H2,(H,30,34)/t23-/m0/s1. The van der Waals surface area contributed by atoms with Crippen molar-refractivity contribution in [1.82, 2.24) is 15.1 Å². The topological polar surface area (TPSA) is 113 Å². The van der Waals surface area contributed by atoms with E-state index >= 15 is 0 Å². The fourth-order valence-corrected chi connectivity index (χ4v) is 4.41. The van der Waals surface area contributed by atoms with E-state index in [1.165, 1.54) is 10.9 Å². The molecule has 0 aliphatic carbocycles. The molecule has 1 atom stereocenters. The van der Waals surface area contributed by atoms with Crippen LogP contribution in [0, 0.1) is 0 Å². The highest BCUT2D eigenvalue weighted by Crippen LogP contribution is 2.37. The largest absolute Gasteiger partial charge is 0.454 e. The van der Waals surface area contributed by atoms with Gasteiger partial charge in [-0.1, -0.05) is 18.2 Å². The van der Waals surface area contributed by atoms with Crippen molar-refractivity contribution in [3.63, 3.8) is 0 Å². The van der Waals surface area contributed by atoms with Crippen molar-refractivity contribution in [2.24, 2.45) is 0 Å². The molecule has 1 aromatic heterocycles. The van der Waals surface area contributed by atoms with E-state index in [9.17, 15) is 9.59 Å². The van der Waals surface area contributed by atoms with E-state index in [1.54, 1.807) is 54.6 Å². The summed E-state index contributed by atoms with van der Waals surface area (Å²) < 4.78 is 23.7. The summed E-state index contributed by atoms with van der Waals surface area (Å²) in [5, 5.41) is 10.4. The summed E-state index contributed by atoms with van der Waals surface area (Å²) in [7, 11) is 0. The van der Waals surface area contributed by atoms with Gasteiger partial charge < -0.3 is 29.6 Å². The van der Waals surface area contributed by atoms with Crippen LogP contribution in [-0.4, -0.2) is 41.7 Å². The number of fused-ring (bicyclic) bond motifs is 1. The second kappa shape index (κ2) is 10.9. The predicted molar refractivity (Wildman–Crippen MR) is 144 cm³/mol. The molecule has 2 aliphatic heterocycles. The van der Waals surface area contributed by atoms with E-state index < -0.39 is 5.56 Å². The summed E-state index contributed by atoms with van der Waals surface area (Å²) in [5.41, 5.74) is 1.49. The van der Waals surface area contributed by atoms with E-state index in [0.29, 0.717) is 40.7 Å². The third-order valence-corrected chi connectivity index (χ3v) is 6.45. The first-order valence-electron chi connectivity index (χ1n) is 12.7. The van der Waals surface area contributed by atoms with E-state index in [2.05, 4.69) is 15.7 Å². The van der Waals surface area contributed by atoms with E-state index in [1.807, 2.05) is 18.2 Å². The van der Waals surface area contributed by atoms with Crippen LogP contribution < -0.4 is 30.4 Å². The second-order valence-corrected chi connectivity index (χ2v) is 9.10. The number of benzene rings is 3. The summed E-state index contributed by atoms with van der Waals surface area (Å²) in [6.45, 7) is 1.36. The monoisotopic (exact) mass is 526 g/mol. The number of amides is 1. The van der Waals surface area contributed by atoms with Crippen LogP contribution in [0.3, 0.4) is 0 Å². The predicted octanol–water partition coefficient (Wildman–Crippen LogP) is 4.41. The van der Waals surface area contributed by atoms with Gasteiger partial charge in [-0.05, 0) is 61.4 Å². The maximum Gasteiger partial charge on any atom is 0.299 e. The molecule has 0 saturated carbocycles.